The molecule has 0 unspecified atom stereocenters. The first-order valence-corrected chi connectivity index (χ1v) is 20.7. The third-order valence-electron chi connectivity index (χ3n) is 11.9. The van der Waals surface area contributed by atoms with Crippen molar-refractivity contribution < 1.29 is 46.6 Å². The average molecular weight is 849 g/mol. The Hall–Kier alpha value is -4.36. The second-order valence-corrected chi connectivity index (χ2v) is 16.2. The summed E-state index contributed by atoms with van der Waals surface area (Å²) >= 11 is 6.13. The second kappa shape index (κ2) is 18.9. The van der Waals surface area contributed by atoms with Gasteiger partial charge in [-0.15, -0.1) is 0 Å². The molecule has 15 nitrogen and oxygen atoms in total. The van der Waals surface area contributed by atoms with Crippen LogP contribution in [0.4, 0.5) is 34.1 Å². The fraction of sp³-hybridized carbons (Fsp3) is 0.600. The van der Waals surface area contributed by atoms with Gasteiger partial charge >= 0.3 is 24.3 Å². The van der Waals surface area contributed by atoms with Crippen LogP contribution in [0.15, 0.2) is 36.4 Å². The van der Waals surface area contributed by atoms with Crippen LogP contribution in [0, 0.1) is 0 Å². The highest BCUT2D eigenvalue weighted by molar-refractivity contribution is 6.33. The van der Waals surface area contributed by atoms with Crippen molar-refractivity contribution in [3.63, 3.8) is 0 Å². The number of fused-ring (bicyclic) bond motifs is 1. The predicted octanol–water partition coefficient (Wildman–Crippen LogP) is 3.25. The number of piperazine rings is 1. The topological polar surface area (TPSA) is 153 Å². The number of carbonyl (C=O) groups excluding carboxylic acids is 4. The van der Waals surface area contributed by atoms with E-state index in [1.54, 1.807) is 9.80 Å². The molecule has 4 saturated heterocycles. The molecule has 0 radical (unpaired) electrons. The SMILES string of the molecule is Nc1c(Cl)cc(C[C@@H](OC(=O)N2CCC(N3CCc4ccccc4NC3=O)CC2)C(=O)N2CCN(C3CN(CC(=O)OCCN4CCOCC4)C3)CC2)cc1C(F)(F)F. The maximum Gasteiger partial charge on any atom is 0.418 e. The predicted molar refractivity (Wildman–Crippen MR) is 212 cm³/mol. The number of piperidine rings is 1. The minimum Gasteiger partial charge on any atom is -0.463 e. The smallest absolute Gasteiger partial charge is 0.418 e. The normalized spacial score (nSPS) is 20.9. The van der Waals surface area contributed by atoms with Crippen molar-refractivity contribution >= 4 is 47.0 Å². The number of carbonyl (C=O) groups is 4. The van der Waals surface area contributed by atoms with Crippen LogP contribution in [0.2, 0.25) is 5.02 Å². The van der Waals surface area contributed by atoms with Gasteiger partial charge in [0, 0.05) is 103 Å². The lowest BCUT2D eigenvalue weighted by atomic mass is 10.0. The molecule has 4 amide bonds. The minimum absolute atomic E-state index is 0.0439. The van der Waals surface area contributed by atoms with Gasteiger partial charge in [0.05, 0.1) is 36.0 Å². The molecule has 4 fully saturated rings. The molecule has 5 aliphatic heterocycles. The fourth-order valence-electron chi connectivity index (χ4n) is 8.47. The van der Waals surface area contributed by atoms with Crippen LogP contribution < -0.4 is 11.1 Å². The Morgan fingerprint density at radius 1 is 0.915 bits per heavy atom. The molecule has 0 aliphatic carbocycles. The van der Waals surface area contributed by atoms with Crippen molar-refractivity contribution in [2.45, 2.75) is 50.0 Å². The molecule has 1 atom stereocenters. The van der Waals surface area contributed by atoms with Gasteiger partial charge in [-0.3, -0.25) is 24.3 Å². The zero-order chi connectivity index (χ0) is 41.7. The molecule has 0 saturated carbocycles. The third-order valence-corrected chi connectivity index (χ3v) is 12.3. The molecule has 322 valence electrons. The number of hydrogen-bond acceptors (Lipinski definition) is 11. The number of ether oxygens (including phenoxy) is 3. The molecule has 3 N–H and O–H groups in total. The summed E-state index contributed by atoms with van der Waals surface area (Å²) in [6.07, 6.45) is -5.69. The summed E-state index contributed by atoms with van der Waals surface area (Å²) in [5, 5.41) is 2.66. The number of alkyl halides is 3. The monoisotopic (exact) mass is 848 g/mol. The van der Waals surface area contributed by atoms with Gasteiger partial charge in [0.2, 0.25) is 0 Å². The number of urea groups is 1. The van der Waals surface area contributed by atoms with E-state index < -0.39 is 35.5 Å². The second-order valence-electron chi connectivity index (χ2n) is 15.7. The number of esters is 1. The van der Waals surface area contributed by atoms with Gasteiger partial charge in [-0.1, -0.05) is 29.8 Å². The van der Waals surface area contributed by atoms with Gasteiger partial charge in [-0.25, -0.2) is 9.59 Å². The van der Waals surface area contributed by atoms with E-state index in [1.807, 2.05) is 29.2 Å². The Labute approximate surface area is 346 Å². The van der Waals surface area contributed by atoms with Gasteiger partial charge in [0.25, 0.3) is 5.91 Å². The number of anilines is 2. The molecule has 0 bridgehead atoms. The maximum absolute atomic E-state index is 14.1. The number of morpholine rings is 1. The summed E-state index contributed by atoms with van der Waals surface area (Å²) in [4.78, 5) is 64.6. The van der Waals surface area contributed by atoms with Crippen LogP contribution in [0.5, 0.6) is 0 Å². The van der Waals surface area contributed by atoms with Crippen LogP contribution in [-0.2, 0) is 42.8 Å². The fourth-order valence-corrected chi connectivity index (χ4v) is 8.71. The number of rotatable bonds is 11. The van der Waals surface area contributed by atoms with Crippen LogP contribution in [-0.4, -0.2) is 176 Å². The van der Waals surface area contributed by atoms with E-state index in [-0.39, 0.29) is 60.7 Å². The molecule has 0 spiro atoms. The molecule has 19 heteroatoms. The summed E-state index contributed by atoms with van der Waals surface area (Å²) < 4.78 is 58.3. The molecule has 5 aliphatic rings. The van der Waals surface area contributed by atoms with Gasteiger partial charge in [-0.2, -0.15) is 13.2 Å². The Morgan fingerprint density at radius 2 is 1.63 bits per heavy atom. The first-order valence-electron chi connectivity index (χ1n) is 20.3. The number of para-hydroxylation sites is 1. The molecular formula is C40H52ClF3N8O7. The van der Waals surface area contributed by atoms with Crippen molar-refractivity contribution in [3.8, 4) is 0 Å². The number of likely N-dealkylation sites (tertiary alicyclic amines) is 2. The Morgan fingerprint density at radius 3 is 2.34 bits per heavy atom. The summed E-state index contributed by atoms with van der Waals surface area (Å²) in [7, 11) is 0. The Balaban J connectivity index is 0.927. The Bertz CT molecular complexity index is 1830. The first kappa shape index (κ1) is 42.8. The lowest BCUT2D eigenvalue weighted by Crippen LogP contribution is -2.64. The number of nitrogens with zero attached hydrogens (tertiary/aromatic N) is 6. The van der Waals surface area contributed by atoms with Crippen molar-refractivity contribution in [1.82, 2.24) is 29.4 Å². The van der Waals surface area contributed by atoms with E-state index in [9.17, 15) is 32.3 Å². The van der Waals surface area contributed by atoms with E-state index in [1.165, 1.54) is 11.0 Å². The highest BCUT2D eigenvalue weighted by atomic mass is 35.5. The minimum atomic E-state index is -4.80. The van der Waals surface area contributed by atoms with Gasteiger partial charge in [0.15, 0.2) is 6.10 Å². The van der Waals surface area contributed by atoms with Crippen molar-refractivity contribution in [2.24, 2.45) is 0 Å². The van der Waals surface area contributed by atoms with Crippen molar-refractivity contribution in [3.05, 3.63) is 58.1 Å². The number of amides is 4. The summed E-state index contributed by atoms with van der Waals surface area (Å²) in [6, 6.07) is 9.62. The third kappa shape index (κ3) is 10.7. The summed E-state index contributed by atoms with van der Waals surface area (Å²) in [6.45, 7) is 8.34. The lowest BCUT2D eigenvalue weighted by molar-refractivity contribution is -0.149. The van der Waals surface area contributed by atoms with Crippen LogP contribution in [0.25, 0.3) is 0 Å². The molecule has 2 aromatic carbocycles. The zero-order valence-electron chi connectivity index (χ0n) is 33.0. The maximum atomic E-state index is 14.1. The average Bonchev–Trinajstić information content (AvgIpc) is 3.38. The van der Waals surface area contributed by atoms with Gasteiger partial charge < -0.3 is 40.0 Å². The Kier molecular flexibility index (Phi) is 13.7. The largest absolute Gasteiger partial charge is 0.463 e. The number of halogens is 4. The molecule has 5 heterocycles. The van der Waals surface area contributed by atoms with E-state index >= 15 is 0 Å². The summed E-state index contributed by atoms with van der Waals surface area (Å²) in [5.41, 5.74) is 5.79. The van der Waals surface area contributed by atoms with Crippen LogP contribution >= 0.6 is 11.6 Å². The van der Waals surface area contributed by atoms with Crippen LogP contribution in [0.1, 0.15) is 29.5 Å². The van der Waals surface area contributed by atoms with E-state index in [0.717, 1.165) is 30.4 Å². The summed E-state index contributed by atoms with van der Waals surface area (Å²) in [5.74, 6) is -0.789. The van der Waals surface area contributed by atoms with E-state index in [4.69, 9.17) is 31.5 Å². The highest BCUT2D eigenvalue weighted by Crippen LogP contribution is 2.38. The standard InChI is InChI=1S/C40H52ClF3N8O7/c41-32-22-27(21-31(36(32)45)40(42,43)44)23-34(59-39(56)51-8-6-29(7-9-51)52-10-5-28-3-1-2-4-33(28)46-38(52)55)37(54)50-13-11-49(12-14-50)30-24-48(25-30)26-35(53)58-20-17-47-15-18-57-19-16-47/h1-4,21-22,29-30,34H,5-20,23-26,45H2,(H,46,55)/t34-/m1/s1. The van der Waals surface area contributed by atoms with E-state index in [0.29, 0.717) is 91.4 Å². The first-order chi connectivity index (χ1) is 28.3. The van der Waals surface area contributed by atoms with E-state index in [2.05, 4.69) is 15.1 Å². The molecular weight excluding hydrogens is 797 g/mol. The van der Waals surface area contributed by atoms with Gasteiger partial charge in [-0.05, 0) is 48.6 Å². The number of nitrogens with two attached hydrogens (primary N) is 1. The molecule has 2 aromatic rings. The van der Waals surface area contributed by atoms with Crippen molar-refractivity contribution in [1.29, 1.82) is 0 Å². The molecule has 59 heavy (non-hydrogen) atoms. The lowest BCUT2D eigenvalue weighted by Gasteiger charge is -2.48. The molecule has 7 rings (SSSR count). The zero-order valence-corrected chi connectivity index (χ0v) is 33.7. The number of nitrogen functional groups attached to an aromatic ring is 1. The number of benzene rings is 2. The van der Waals surface area contributed by atoms with Crippen LogP contribution in [0.3, 0.4) is 0 Å². The van der Waals surface area contributed by atoms with Crippen molar-refractivity contribution in [2.75, 3.05) is 116 Å². The van der Waals surface area contributed by atoms with Gasteiger partial charge in [0.1, 0.15) is 6.61 Å². The number of hydrogen-bond donors (Lipinski definition) is 2. The molecule has 0 aromatic heterocycles. The quantitative estimate of drug-likeness (QED) is 0.253. The highest BCUT2D eigenvalue weighted by Gasteiger charge is 2.40. The number of nitrogens with one attached hydrogen (secondary N) is 1.